The molecule has 5 heteroatoms. The van der Waals surface area contributed by atoms with E-state index in [9.17, 15) is 0 Å². The van der Waals surface area contributed by atoms with Gasteiger partial charge in [0.2, 0.25) is 0 Å². The topological polar surface area (TPSA) is 41.0 Å². The zero-order valence-electron chi connectivity index (χ0n) is 12.9. The van der Waals surface area contributed by atoms with Crippen molar-refractivity contribution in [3.8, 4) is 0 Å². The molecule has 0 saturated heterocycles. The molecule has 112 valence electrons. The van der Waals surface area contributed by atoms with Crippen LogP contribution in [0.5, 0.6) is 0 Å². The Morgan fingerprint density at radius 2 is 2.00 bits per heavy atom. The van der Waals surface area contributed by atoms with Crippen LogP contribution in [0.3, 0.4) is 0 Å². The Labute approximate surface area is 126 Å². The lowest BCUT2D eigenvalue weighted by Gasteiger charge is -2.17. The molecule has 0 spiro atoms. The predicted octanol–water partition coefficient (Wildman–Crippen LogP) is 3.22. The molecule has 20 heavy (non-hydrogen) atoms. The number of aromatic nitrogens is 2. The number of rotatable bonds is 9. The molecule has 1 heterocycles. The summed E-state index contributed by atoms with van der Waals surface area (Å²) in [5.74, 6) is 3.72. The molecule has 1 N–H and O–H groups in total. The second kappa shape index (κ2) is 7.84. The highest BCUT2D eigenvalue weighted by Crippen LogP contribution is 2.39. The molecule has 1 saturated carbocycles. The maximum Gasteiger partial charge on any atom is 0.135 e. The minimum Gasteiger partial charge on any atom is -0.370 e. The molecule has 4 nitrogen and oxygen atoms in total. The molecular formula is C15H26N4S. The standard InChI is InChI=1S/C15H26N4S/c1-4-16-13-11-14(18-15(17-13)12-7-8-12)20-10-9-19(5-2)6-3/h11-12H,4-10H2,1-3H3,(H,16,17,18). The lowest BCUT2D eigenvalue weighted by molar-refractivity contribution is 0.324. The van der Waals surface area contributed by atoms with E-state index >= 15 is 0 Å². The van der Waals surface area contributed by atoms with Gasteiger partial charge in [0.25, 0.3) is 0 Å². The van der Waals surface area contributed by atoms with Crippen molar-refractivity contribution in [2.75, 3.05) is 37.2 Å². The fourth-order valence-electron chi connectivity index (χ4n) is 2.13. The molecule has 0 radical (unpaired) electrons. The minimum atomic E-state index is 0.607. The van der Waals surface area contributed by atoms with E-state index in [0.29, 0.717) is 5.92 Å². The first-order chi connectivity index (χ1) is 9.76. The van der Waals surface area contributed by atoms with Crippen LogP contribution in [0.2, 0.25) is 0 Å². The van der Waals surface area contributed by atoms with Crippen LogP contribution in [0, 0.1) is 0 Å². The second-order valence-electron chi connectivity index (χ2n) is 5.13. The summed E-state index contributed by atoms with van der Waals surface area (Å²) < 4.78 is 0. The summed E-state index contributed by atoms with van der Waals surface area (Å²) in [5, 5.41) is 4.43. The number of nitrogens with one attached hydrogen (secondary N) is 1. The zero-order valence-corrected chi connectivity index (χ0v) is 13.7. The molecule has 0 unspecified atom stereocenters. The molecular weight excluding hydrogens is 268 g/mol. The van der Waals surface area contributed by atoms with Gasteiger partial charge in [0.15, 0.2) is 0 Å². The van der Waals surface area contributed by atoms with Crippen molar-refractivity contribution in [1.29, 1.82) is 0 Å². The van der Waals surface area contributed by atoms with Crippen LogP contribution in [0.4, 0.5) is 5.82 Å². The van der Waals surface area contributed by atoms with Crippen LogP contribution < -0.4 is 5.32 Å². The van der Waals surface area contributed by atoms with E-state index in [1.807, 2.05) is 11.8 Å². The summed E-state index contributed by atoms with van der Waals surface area (Å²) in [6.07, 6.45) is 2.50. The first-order valence-corrected chi connectivity index (χ1v) is 8.73. The van der Waals surface area contributed by atoms with Gasteiger partial charge in [-0.3, -0.25) is 0 Å². The molecule has 0 bridgehead atoms. The van der Waals surface area contributed by atoms with Gasteiger partial charge in [-0.1, -0.05) is 13.8 Å². The Morgan fingerprint density at radius 3 is 2.60 bits per heavy atom. The number of nitrogens with zero attached hydrogens (tertiary/aromatic N) is 3. The summed E-state index contributed by atoms with van der Waals surface area (Å²) in [4.78, 5) is 11.8. The van der Waals surface area contributed by atoms with Gasteiger partial charge in [-0.05, 0) is 32.9 Å². The van der Waals surface area contributed by atoms with Gasteiger partial charge in [-0.2, -0.15) is 0 Å². The van der Waals surface area contributed by atoms with Crippen LogP contribution in [0.15, 0.2) is 11.1 Å². The van der Waals surface area contributed by atoms with Crippen LogP contribution in [-0.2, 0) is 0 Å². The first kappa shape index (κ1) is 15.6. The smallest absolute Gasteiger partial charge is 0.135 e. The molecule has 1 fully saturated rings. The van der Waals surface area contributed by atoms with Gasteiger partial charge in [0, 0.05) is 30.8 Å². The maximum atomic E-state index is 4.72. The van der Waals surface area contributed by atoms with E-state index < -0.39 is 0 Å². The Balaban J connectivity index is 1.95. The van der Waals surface area contributed by atoms with Gasteiger partial charge in [-0.15, -0.1) is 11.8 Å². The van der Waals surface area contributed by atoms with Crippen molar-refractivity contribution in [2.45, 2.75) is 44.6 Å². The first-order valence-electron chi connectivity index (χ1n) is 7.74. The van der Waals surface area contributed by atoms with E-state index in [-0.39, 0.29) is 0 Å². The van der Waals surface area contributed by atoms with Crippen LogP contribution >= 0.6 is 11.8 Å². The largest absolute Gasteiger partial charge is 0.370 e. The van der Waals surface area contributed by atoms with E-state index in [1.54, 1.807) is 0 Å². The van der Waals surface area contributed by atoms with Crippen LogP contribution in [0.1, 0.15) is 45.4 Å². The van der Waals surface area contributed by atoms with Crippen molar-refractivity contribution in [3.05, 3.63) is 11.9 Å². The van der Waals surface area contributed by atoms with Gasteiger partial charge < -0.3 is 10.2 Å². The van der Waals surface area contributed by atoms with E-state index in [2.05, 4.69) is 42.0 Å². The van der Waals surface area contributed by atoms with E-state index in [1.165, 1.54) is 12.8 Å². The molecule has 1 aromatic heterocycles. The molecule has 1 aliphatic rings. The Bertz CT molecular complexity index is 416. The van der Waals surface area contributed by atoms with Gasteiger partial charge in [0.05, 0.1) is 0 Å². The summed E-state index contributed by atoms with van der Waals surface area (Å²) in [6.45, 7) is 10.8. The summed E-state index contributed by atoms with van der Waals surface area (Å²) in [6, 6.07) is 2.09. The Morgan fingerprint density at radius 1 is 1.25 bits per heavy atom. The average Bonchev–Trinajstić information content (AvgIpc) is 3.28. The van der Waals surface area contributed by atoms with E-state index in [0.717, 1.165) is 48.6 Å². The maximum absolute atomic E-state index is 4.72. The predicted molar refractivity (Wildman–Crippen MR) is 86.7 cm³/mol. The zero-order chi connectivity index (χ0) is 14.4. The van der Waals surface area contributed by atoms with E-state index in [4.69, 9.17) is 4.98 Å². The summed E-state index contributed by atoms with van der Waals surface area (Å²) in [7, 11) is 0. The third-order valence-corrected chi connectivity index (χ3v) is 4.46. The molecule has 0 aromatic carbocycles. The fourth-order valence-corrected chi connectivity index (χ4v) is 3.04. The molecule has 1 aromatic rings. The lowest BCUT2D eigenvalue weighted by atomic mass is 10.4. The van der Waals surface area contributed by atoms with Crippen LogP contribution in [-0.4, -0.2) is 46.8 Å². The third kappa shape index (κ3) is 4.63. The van der Waals surface area contributed by atoms with Gasteiger partial charge >= 0.3 is 0 Å². The Kier molecular flexibility index (Phi) is 6.10. The quantitative estimate of drug-likeness (QED) is 0.559. The number of hydrogen-bond donors (Lipinski definition) is 1. The molecule has 0 atom stereocenters. The molecule has 0 aliphatic heterocycles. The molecule has 2 rings (SSSR count). The van der Waals surface area contributed by atoms with Gasteiger partial charge in [0.1, 0.15) is 16.7 Å². The van der Waals surface area contributed by atoms with Crippen LogP contribution in [0.25, 0.3) is 0 Å². The molecule has 0 amide bonds. The van der Waals surface area contributed by atoms with Crippen molar-refractivity contribution in [1.82, 2.24) is 14.9 Å². The van der Waals surface area contributed by atoms with Crippen molar-refractivity contribution in [2.24, 2.45) is 0 Å². The number of thioether (sulfide) groups is 1. The van der Waals surface area contributed by atoms with Crippen molar-refractivity contribution in [3.63, 3.8) is 0 Å². The lowest BCUT2D eigenvalue weighted by Crippen LogP contribution is -2.25. The summed E-state index contributed by atoms with van der Waals surface area (Å²) in [5.41, 5.74) is 0. The van der Waals surface area contributed by atoms with Crippen molar-refractivity contribution < 1.29 is 0 Å². The Hall–Kier alpha value is -0.810. The number of anilines is 1. The SMILES string of the molecule is CCNc1cc(SCCN(CC)CC)nc(C2CC2)n1. The van der Waals surface area contributed by atoms with Gasteiger partial charge in [-0.25, -0.2) is 9.97 Å². The highest BCUT2D eigenvalue weighted by molar-refractivity contribution is 7.99. The second-order valence-corrected chi connectivity index (χ2v) is 6.24. The average molecular weight is 294 g/mol. The summed E-state index contributed by atoms with van der Waals surface area (Å²) >= 11 is 1.85. The minimum absolute atomic E-state index is 0.607. The van der Waals surface area contributed by atoms with Crippen molar-refractivity contribution >= 4 is 17.6 Å². The normalized spacial score (nSPS) is 14.8. The molecule has 1 aliphatic carbocycles. The third-order valence-electron chi connectivity index (χ3n) is 3.57. The highest BCUT2D eigenvalue weighted by Gasteiger charge is 2.27. The fraction of sp³-hybridized carbons (Fsp3) is 0.733. The number of hydrogen-bond acceptors (Lipinski definition) is 5. The highest BCUT2D eigenvalue weighted by atomic mass is 32.2. The monoisotopic (exact) mass is 294 g/mol.